The second-order valence-corrected chi connectivity index (χ2v) is 9.35. The lowest BCUT2D eigenvalue weighted by Gasteiger charge is -2.26. The number of guanidine groups is 2. The molecule has 9 heteroatoms. The Kier molecular flexibility index (Phi) is 17.5. The molecule has 35 heavy (non-hydrogen) atoms. The lowest BCUT2D eigenvalue weighted by Crippen LogP contribution is -2.40. The SMILES string of the molecule is CCCCCCCCCC1N=C(N)NC(CCCO)=C1C(=O)OCCCCCCCCN=C(N)N. The smallest absolute Gasteiger partial charge is 0.337 e. The third-order valence-electron chi connectivity index (χ3n) is 6.20. The molecule has 0 bridgehead atoms. The Morgan fingerprint density at radius 1 is 0.971 bits per heavy atom. The number of aliphatic hydroxyl groups excluding tert-OH is 1. The van der Waals surface area contributed by atoms with E-state index in [4.69, 9.17) is 21.9 Å². The number of aliphatic imine (C=N–C) groups is 2. The molecule has 0 saturated heterocycles. The maximum absolute atomic E-state index is 13.0. The molecular weight excluding hydrogens is 444 g/mol. The van der Waals surface area contributed by atoms with Gasteiger partial charge in [-0.3, -0.25) is 4.99 Å². The number of nitrogens with one attached hydrogen (secondary N) is 1. The Bertz CT molecular complexity index is 674. The minimum absolute atomic E-state index is 0.0545. The number of unbranched alkanes of at least 4 members (excludes halogenated alkanes) is 11. The zero-order valence-corrected chi connectivity index (χ0v) is 21.9. The molecule has 1 aliphatic heterocycles. The Morgan fingerprint density at radius 3 is 2.26 bits per heavy atom. The van der Waals surface area contributed by atoms with Gasteiger partial charge in [-0.25, -0.2) is 9.79 Å². The first kappa shape index (κ1) is 30.7. The molecule has 1 heterocycles. The first-order valence-corrected chi connectivity index (χ1v) is 13.7. The molecule has 0 aromatic carbocycles. The molecule has 8 N–H and O–H groups in total. The summed E-state index contributed by atoms with van der Waals surface area (Å²) in [7, 11) is 0. The van der Waals surface area contributed by atoms with Crippen molar-refractivity contribution in [2.45, 2.75) is 116 Å². The standard InChI is InChI=1S/C26H50N6O3/c1-2-3-4-5-6-9-12-16-21-23(22(17-15-19-33)32-26(29)31-21)24(34)35-20-14-11-8-7-10-13-18-30-25(27)28/h21,33H,2-20H2,1H3,(H4,27,28,30)(H3,29,31,32). The van der Waals surface area contributed by atoms with Crippen LogP contribution in [0, 0.1) is 0 Å². The Labute approximate surface area is 212 Å². The maximum Gasteiger partial charge on any atom is 0.337 e. The topological polar surface area (TPSA) is 161 Å². The molecule has 0 amide bonds. The first-order chi connectivity index (χ1) is 17.0. The van der Waals surface area contributed by atoms with E-state index in [1.165, 1.54) is 32.1 Å². The Morgan fingerprint density at radius 2 is 1.60 bits per heavy atom. The third kappa shape index (κ3) is 14.7. The number of aliphatic hydroxyl groups is 1. The van der Waals surface area contributed by atoms with Crippen LogP contribution in [0.4, 0.5) is 0 Å². The van der Waals surface area contributed by atoms with Crippen LogP contribution in [-0.2, 0) is 9.53 Å². The molecule has 1 unspecified atom stereocenters. The molecule has 0 fully saturated rings. The monoisotopic (exact) mass is 494 g/mol. The molecule has 0 saturated carbocycles. The number of hydrogen-bond donors (Lipinski definition) is 5. The van der Waals surface area contributed by atoms with Crippen LogP contribution in [0.3, 0.4) is 0 Å². The van der Waals surface area contributed by atoms with E-state index >= 15 is 0 Å². The van der Waals surface area contributed by atoms with Crippen molar-refractivity contribution in [1.29, 1.82) is 0 Å². The highest BCUT2D eigenvalue weighted by molar-refractivity contribution is 5.94. The molecule has 0 aliphatic carbocycles. The van der Waals surface area contributed by atoms with Gasteiger partial charge in [0, 0.05) is 18.8 Å². The van der Waals surface area contributed by atoms with Gasteiger partial charge in [0.15, 0.2) is 11.9 Å². The number of ether oxygens (including phenoxy) is 1. The maximum atomic E-state index is 13.0. The summed E-state index contributed by atoms with van der Waals surface area (Å²) >= 11 is 0. The quantitative estimate of drug-likeness (QED) is 0.0704. The highest BCUT2D eigenvalue weighted by Gasteiger charge is 2.29. The van der Waals surface area contributed by atoms with Gasteiger partial charge in [-0.15, -0.1) is 0 Å². The molecule has 0 radical (unpaired) electrons. The first-order valence-electron chi connectivity index (χ1n) is 13.7. The van der Waals surface area contributed by atoms with E-state index in [1.807, 2.05) is 0 Å². The second-order valence-electron chi connectivity index (χ2n) is 9.35. The van der Waals surface area contributed by atoms with Gasteiger partial charge in [-0.1, -0.05) is 77.6 Å². The van der Waals surface area contributed by atoms with Crippen molar-refractivity contribution in [3.63, 3.8) is 0 Å². The summed E-state index contributed by atoms with van der Waals surface area (Å²) in [5.41, 5.74) is 18.0. The van der Waals surface area contributed by atoms with Crippen LogP contribution < -0.4 is 22.5 Å². The summed E-state index contributed by atoms with van der Waals surface area (Å²) < 4.78 is 5.65. The molecule has 1 aliphatic rings. The number of carbonyl (C=O) groups excluding carboxylic acids is 1. The predicted octanol–water partition coefficient (Wildman–Crippen LogP) is 3.60. The van der Waals surface area contributed by atoms with Crippen LogP contribution in [0.2, 0.25) is 0 Å². The number of nitrogens with two attached hydrogens (primary N) is 3. The highest BCUT2D eigenvalue weighted by Crippen LogP contribution is 2.25. The van der Waals surface area contributed by atoms with Gasteiger partial charge in [0.2, 0.25) is 0 Å². The normalized spacial score (nSPS) is 15.5. The molecule has 0 aromatic rings. The summed E-state index contributed by atoms with van der Waals surface area (Å²) in [6.07, 6.45) is 16.4. The minimum Gasteiger partial charge on any atom is -0.462 e. The third-order valence-corrected chi connectivity index (χ3v) is 6.20. The molecule has 9 nitrogen and oxygen atoms in total. The molecular formula is C26H50N6O3. The van der Waals surface area contributed by atoms with Crippen molar-refractivity contribution in [2.75, 3.05) is 19.8 Å². The van der Waals surface area contributed by atoms with Crippen LogP contribution in [0.1, 0.15) is 110 Å². The average molecular weight is 495 g/mol. The number of esters is 1. The van der Waals surface area contributed by atoms with Gasteiger partial charge in [-0.05, 0) is 32.1 Å². The largest absolute Gasteiger partial charge is 0.462 e. The van der Waals surface area contributed by atoms with Crippen molar-refractivity contribution in [2.24, 2.45) is 27.2 Å². The van der Waals surface area contributed by atoms with Gasteiger partial charge < -0.3 is 32.4 Å². The fourth-order valence-corrected chi connectivity index (χ4v) is 4.28. The van der Waals surface area contributed by atoms with Crippen molar-refractivity contribution in [3.8, 4) is 0 Å². The average Bonchev–Trinajstić information content (AvgIpc) is 2.82. The van der Waals surface area contributed by atoms with Gasteiger partial charge >= 0.3 is 5.97 Å². The van der Waals surface area contributed by atoms with E-state index in [1.54, 1.807) is 0 Å². The number of allylic oxidation sites excluding steroid dienone is 1. The molecule has 1 rings (SSSR count). The fourth-order valence-electron chi connectivity index (χ4n) is 4.28. The van der Waals surface area contributed by atoms with Crippen LogP contribution in [0.5, 0.6) is 0 Å². The van der Waals surface area contributed by atoms with E-state index in [-0.39, 0.29) is 24.6 Å². The number of nitrogens with zero attached hydrogens (tertiary/aromatic N) is 2. The molecule has 202 valence electrons. The van der Waals surface area contributed by atoms with Crippen molar-refractivity contribution in [1.82, 2.24) is 5.32 Å². The summed E-state index contributed by atoms with van der Waals surface area (Å²) in [4.78, 5) is 21.5. The Balaban J connectivity index is 2.48. The summed E-state index contributed by atoms with van der Waals surface area (Å²) in [5.74, 6) is 0.168. The zero-order valence-electron chi connectivity index (χ0n) is 21.9. The number of rotatable bonds is 21. The second kappa shape index (κ2) is 20.0. The van der Waals surface area contributed by atoms with E-state index in [0.717, 1.165) is 63.5 Å². The van der Waals surface area contributed by atoms with Gasteiger partial charge in [0.25, 0.3) is 0 Å². The molecule has 0 aromatic heterocycles. The number of carbonyl (C=O) groups is 1. The van der Waals surface area contributed by atoms with Gasteiger partial charge in [-0.2, -0.15) is 0 Å². The highest BCUT2D eigenvalue weighted by atomic mass is 16.5. The van der Waals surface area contributed by atoms with Crippen LogP contribution in [-0.4, -0.2) is 48.8 Å². The predicted molar refractivity (Wildman–Crippen MR) is 144 cm³/mol. The lowest BCUT2D eigenvalue weighted by molar-refractivity contribution is -0.139. The fraction of sp³-hybridized carbons (Fsp3) is 0.808. The van der Waals surface area contributed by atoms with Gasteiger partial charge in [0.1, 0.15) is 0 Å². The van der Waals surface area contributed by atoms with E-state index < -0.39 is 0 Å². The van der Waals surface area contributed by atoms with Crippen LogP contribution in [0.25, 0.3) is 0 Å². The van der Waals surface area contributed by atoms with Crippen LogP contribution in [0.15, 0.2) is 21.3 Å². The lowest BCUT2D eigenvalue weighted by atomic mass is 9.95. The summed E-state index contributed by atoms with van der Waals surface area (Å²) in [5, 5.41) is 12.3. The summed E-state index contributed by atoms with van der Waals surface area (Å²) in [6.45, 7) is 3.35. The van der Waals surface area contributed by atoms with Crippen molar-refractivity contribution in [3.05, 3.63) is 11.3 Å². The minimum atomic E-state index is -0.313. The van der Waals surface area contributed by atoms with Crippen molar-refractivity contribution >= 4 is 17.9 Å². The number of hydrogen-bond acceptors (Lipinski definition) is 7. The summed E-state index contributed by atoms with van der Waals surface area (Å²) in [6, 6.07) is -0.279. The molecule has 1 atom stereocenters. The van der Waals surface area contributed by atoms with E-state index in [2.05, 4.69) is 22.2 Å². The van der Waals surface area contributed by atoms with E-state index in [0.29, 0.717) is 37.5 Å². The van der Waals surface area contributed by atoms with Crippen molar-refractivity contribution < 1.29 is 14.6 Å². The Hall–Kier alpha value is -2.29. The van der Waals surface area contributed by atoms with E-state index in [9.17, 15) is 9.90 Å². The molecule has 0 spiro atoms. The van der Waals surface area contributed by atoms with Crippen LogP contribution >= 0.6 is 0 Å². The zero-order chi connectivity index (χ0) is 25.7. The van der Waals surface area contributed by atoms with Gasteiger partial charge in [0.05, 0.1) is 18.2 Å².